The molecule has 2 aromatic carbocycles. The standard InChI is InChI=1S/C15H15BrClFN2O/c1-21-14-6-5-10(16)7-9(14)8-13(20-19)15-11(17)3-2-4-12(15)18/h2-7,13,20H,8,19H2,1H3. The predicted molar refractivity (Wildman–Crippen MR) is 85.9 cm³/mol. The maximum Gasteiger partial charge on any atom is 0.129 e. The summed E-state index contributed by atoms with van der Waals surface area (Å²) >= 11 is 9.51. The molecule has 3 N–H and O–H groups in total. The minimum atomic E-state index is -0.457. The first-order valence-corrected chi connectivity index (χ1v) is 7.46. The molecule has 21 heavy (non-hydrogen) atoms. The Morgan fingerprint density at radius 3 is 2.76 bits per heavy atom. The summed E-state index contributed by atoms with van der Waals surface area (Å²) in [6.07, 6.45) is 0.444. The summed E-state index contributed by atoms with van der Waals surface area (Å²) in [6, 6.07) is 9.75. The van der Waals surface area contributed by atoms with Crippen molar-refractivity contribution in [3.8, 4) is 5.75 Å². The van der Waals surface area contributed by atoms with Crippen LogP contribution in [-0.2, 0) is 6.42 Å². The summed E-state index contributed by atoms with van der Waals surface area (Å²) in [4.78, 5) is 0. The Morgan fingerprint density at radius 2 is 2.14 bits per heavy atom. The van der Waals surface area contributed by atoms with Crippen molar-refractivity contribution in [1.82, 2.24) is 5.43 Å². The molecule has 0 bridgehead atoms. The van der Waals surface area contributed by atoms with Gasteiger partial charge in [0, 0.05) is 15.1 Å². The quantitative estimate of drug-likeness (QED) is 0.615. The molecule has 0 aliphatic rings. The number of halogens is 3. The van der Waals surface area contributed by atoms with Crippen LogP contribution in [0.15, 0.2) is 40.9 Å². The molecule has 0 spiro atoms. The van der Waals surface area contributed by atoms with Crippen LogP contribution in [0, 0.1) is 5.82 Å². The molecule has 3 nitrogen and oxygen atoms in total. The molecule has 0 aromatic heterocycles. The van der Waals surface area contributed by atoms with Crippen molar-refractivity contribution in [2.75, 3.05) is 7.11 Å². The van der Waals surface area contributed by atoms with Crippen molar-refractivity contribution in [3.05, 3.63) is 62.8 Å². The second kappa shape index (κ2) is 7.22. The number of hydrogen-bond donors (Lipinski definition) is 2. The third-order valence-electron chi connectivity index (χ3n) is 3.22. The Labute approximate surface area is 136 Å². The van der Waals surface area contributed by atoms with Gasteiger partial charge >= 0.3 is 0 Å². The van der Waals surface area contributed by atoms with Crippen LogP contribution in [0.5, 0.6) is 5.75 Å². The minimum absolute atomic E-state index is 0.340. The van der Waals surface area contributed by atoms with E-state index in [1.165, 1.54) is 6.07 Å². The van der Waals surface area contributed by atoms with Crippen LogP contribution < -0.4 is 16.0 Å². The summed E-state index contributed by atoms with van der Waals surface area (Å²) in [5.41, 5.74) is 3.87. The summed E-state index contributed by atoms with van der Waals surface area (Å²) in [5.74, 6) is 5.92. The van der Waals surface area contributed by atoms with Crippen molar-refractivity contribution in [2.45, 2.75) is 12.5 Å². The molecule has 1 atom stereocenters. The fraction of sp³-hybridized carbons (Fsp3) is 0.200. The molecule has 0 heterocycles. The molecule has 0 aliphatic carbocycles. The van der Waals surface area contributed by atoms with Gasteiger partial charge in [0.05, 0.1) is 13.2 Å². The monoisotopic (exact) mass is 372 g/mol. The summed E-state index contributed by atoms with van der Waals surface area (Å²) in [7, 11) is 1.59. The van der Waals surface area contributed by atoms with Crippen LogP contribution in [0.25, 0.3) is 0 Å². The average Bonchev–Trinajstić information content (AvgIpc) is 2.46. The van der Waals surface area contributed by atoms with E-state index >= 15 is 0 Å². The Hall–Kier alpha value is -1.14. The van der Waals surface area contributed by atoms with Gasteiger partial charge in [-0.05, 0) is 42.3 Å². The molecule has 0 fully saturated rings. The maximum absolute atomic E-state index is 14.0. The van der Waals surface area contributed by atoms with Crippen molar-refractivity contribution in [1.29, 1.82) is 0 Å². The number of methoxy groups -OCH3 is 1. The molecule has 0 saturated carbocycles. The minimum Gasteiger partial charge on any atom is -0.496 e. The van der Waals surface area contributed by atoms with Crippen LogP contribution in [0.1, 0.15) is 17.2 Å². The SMILES string of the molecule is COc1ccc(Br)cc1CC(NN)c1c(F)cccc1Cl. The largest absolute Gasteiger partial charge is 0.496 e. The van der Waals surface area contributed by atoms with E-state index in [1.54, 1.807) is 19.2 Å². The molecule has 2 rings (SSSR count). The summed E-state index contributed by atoms with van der Waals surface area (Å²) in [5, 5.41) is 0.340. The highest BCUT2D eigenvalue weighted by Gasteiger charge is 2.20. The van der Waals surface area contributed by atoms with Gasteiger partial charge in [0.1, 0.15) is 11.6 Å². The van der Waals surface area contributed by atoms with Gasteiger partial charge in [0.25, 0.3) is 0 Å². The van der Waals surface area contributed by atoms with Crippen LogP contribution in [0.3, 0.4) is 0 Å². The first-order valence-electron chi connectivity index (χ1n) is 6.29. The van der Waals surface area contributed by atoms with Crippen LogP contribution in [0.2, 0.25) is 5.02 Å². The smallest absolute Gasteiger partial charge is 0.129 e. The summed E-state index contributed by atoms with van der Waals surface area (Å²) in [6.45, 7) is 0. The first kappa shape index (κ1) is 16.2. The maximum atomic E-state index is 14.0. The fourth-order valence-electron chi connectivity index (χ4n) is 2.21. The van der Waals surface area contributed by atoms with E-state index in [1.807, 2.05) is 18.2 Å². The first-order chi connectivity index (χ1) is 10.1. The Bertz CT molecular complexity index is 619. The lowest BCUT2D eigenvalue weighted by atomic mass is 9.98. The van der Waals surface area contributed by atoms with Gasteiger partial charge < -0.3 is 4.74 Å². The van der Waals surface area contributed by atoms with Crippen molar-refractivity contribution >= 4 is 27.5 Å². The van der Waals surface area contributed by atoms with E-state index in [9.17, 15) is 4.39 Å². The molecule has 112 valence electrons. The number of nitrogens with one attached hydrogen (secondary N) is 1. The summed E-state index contributed by atoms with van der Waals surface area (Å²) < 4.78 is 20.3. The van der Waals surface area contributed by atoms with Crippen molar-refractivity contribution in [3.63, 3.8) is 0 Å². The number of benzene rings is 2. The van der Waals surface area contributed by atoms with Crippen LogP contribution in [-0.4, -0.2) is 7.11 Å². The van der Waals surface area contributed by atoms with E-state index in [0.717, 1.165) is 10.0 Å². The zero-order chi connectivity index (χ0) is 15.4. The van der Waals surface area contributed by atoms with E-state index in [-0.39, 0.29) is 5.82 Å². The lowest BCUT2D eigenvalue weighted by Gasteiger charge is -2.20. The predicted octanol–water partition coefficient (Wildman–Crippen LogP) is 4.00. The molecule has 2 aromatic rings. The second-order valence-electron chi connectivity index (χ2n) is 4.51. The van der Waals surface area contributed by atoms with E-state index < -0.39 is 6.04 Å². The van der Waals surface area contributed by atoms with Gasteiger partial charge in [-0.2, -0.15) is 0 Å². The normalized spacial score (nSPS) is 12.2. The van der Waals surface area contributed by atoms with E-state index in [2.05, 4.69) is 21.4 Å². The number of hydrazine groups is 1. The average molecular weight is 374 g/mol. The van der Waals surface area contributed by atoms with Crippen LogP contribution >= 0.6 is 27.5 Å². The zero-order valence-electron chi connectivity index (χ0n) is 11.4. The molecule has 0 amide bonds. The van der Waals surface area contributed by atoms with Gasteiger partial charge in [-0.25, -0.2) is 4.39 Å². The number of nitrogens with two attached hydrogens (primary N) is 1. The van der Waals surface area contributed by atoms with E-state index in [0.29, 0.717) is 22.8 Å². The molecule has 0 saturated heterocycles. The molecule has 6 heteroatoms. The van der Waals surface area contributed by atoms with Crippen molar-refractivity contribution < 1.29 is 9.13 Å². The van der Waals surface area contributed by atoms with Gasteiger partial charge in [-0.3, -0.25) is 11.3 Å². The topological polar surface area (TPSA) is 47.3 Å². The van der Waals surface area contributed by atoms with Crippen molar-refractivity contribution in [2.24, 2.45) is 5.84 Å². The third kappa shape index (κ3) is 3.74. The Kier molecular flexibility index (Phi) is 5.58. The van der Waals surface area contributed by atoms with Gasteiger partial charge in [-0.1, -0.05) is 33.6 Å². The highest BCUT2D eigenvalue weighted by molar-refractivity contribution is 9.10. The number of rotatable bonds is 5. The zero-order valence-corrected chi connectivity index (χ0v) is 13.7. The fourth-order valence-corrected chi connectivity index (χ4v) is 2.92. The molecule has 0 aliphatic heterocycles. The number of hydrogen-bond acceptors (Lipinski definition) is 3. The molecular formula is C15H15BrClFN2O. The highest BCUT2D eigenvalue weighted by atomic mass is 79.9. The lowest BCUT2D eigenvalue weighted by Crippen LogP contribution is -2.30. The molecule has 1 unspecified atom stereocenters. The Morgan fingerprint density at radius 1 is 1.38 bits per heavy atom. The van der Waals surface area contributed by atoms with Gasteiger partial charge in [0.15, 0.2) is 0 Å². The molecule has 0 radical (unpaired) electrons. The second-order valence-corrected chi connectivity index (χ2v) is 5.84. The van der Waals surface area contributed by atoms with Gasteiger partial charge in [0.2, 0.25) is 0 Å². The van der Waals surface area contributed by atoms with E-state index in [4.69, 9.17) is 22.2 Å². The number of ether oxygens (including phenoxy) is 1. The third-order valence-corrected chi connectivity index (χ3v) is 4.04. The van der Waals surface area contributed by atoms with Gasteiger partial charge in [-0.15, -0.1) is 0 Å². The lowest BCUT2D eigenvalue weighted by molar-refractivity contribution is 0.404. The Balaban J connectivity index is 2.38. The highest BCUT2D eigenvalue weighted by Crippen LogP contribution is 2.31. The molecular weight excluding hydrogens is 359 g/mol. The van der Waals surface area contributed by atoms with Crippen LogP contribution in [0.4, 0.5) is 4.39 Å².